The molecule has 16 heavy (non-hydrogen) atoms. The molecular weight excluding hydrogens is 224 g/mol. The Morgan fingerprint density at radius 2 is 2.12 bits per heavy atom. The van der Waals surface area contributed by atoms with Gasteiger partial charge in [-0.3, -0.25) is 0 Å². The third-order valence-electron chi connectivity index (χ3n) is 2.62. The Balaban J connectivity index is 0.00000225. The summed E-state index contributed by atoms with van der Waals surface area (Å²) in [7, 11) is 0. The molecule has 1 aromatic carbocycles. The van der Waals surface area contributed by atoms with Gasteiger partial charge in [-0.15, -0.1) is 12.4 Å². The molecule has 0 spiro atoms. The molecule has 0 saturated heterocycles. The summed E-state index contributed by atoms with van der Waals surface area (Å²) >= 11 is 0. The van der Waals surface area contributed by atoms with Gasteiger partial charge in [0.05, 0.1) is 11.6 Å². The molecule has 0 aliphatic heterocycles. The van der Waals surface area contributed by atoms with E-state index < -0.39 is 0 Å². The van der Waals surface area contributed by atoms with Crippen LogP contribution in [0.2, 0.25) is 0 Å². The van der Waals surface area contributed by atoms with Crippen LogP contribution >= 0.6 is 12.4 Å². The van der Waals surface area contributed by atoms with E-state index in [-0.39, 0.29) is 30.5 Å². The number of nitrogens with two attached hydrogens (primary N) is 1. The van der Waals surface area contributed by atoms with E-state index in [1.165, 1.54) is 0 Å². The highest BCUT2D eigenvalue weighted by Gasteiger charge is 2.26. The van der Waals surface area contributed by atoms with Crippen molar-refractivity contribution < 1.29 is 5.11 Å². The minimum atomic E-state index is -0.381. The average molecular weight is 241 g/mol. The number of benzene rings is 1. The molecule has 1 rings (SSSR count). The van der Waals surface area contributed by atoms with E-state index in [0.717, 1.165) is 5.56 Å². The number of nitriles is 1. The van der Waals surface area contributed by atoms with Crippen LogP contribution in [0.4, 0.5) is 0 Å². The normalized spacial score (nSPS) is 12.4. The number of aliphatic hydroxyl groups is 1. The second kappa shape index (κ2) is 5.86. The van der Waals surface area contributed by atoms with Crippen molar-refractivity contribution in [1.82, 2.24) is 0 Å². The highest BCUT2D eigenvalue weighted by molar-refractivity contribution is 5.85. The quantitative estimate of drug-likeness (QED) is 0.849. The number of hydrogen-bond acceptors (Lipinski definition) is 3. The fraction of sp³-hybridized carbons (Fsp3) is 0.417. The van der Waals surface area contributed by atoms with E-state index in [0.29, 0.717) is 5.56 Å². The molecule has 0 aromatic heterocycles. The SMILES string of the molecule is CC(C)(CO)[C@H](N)c1cccc(C#N)c1.Cl. The number of nitrogens with zero attached hydrogens (tertiary/aromatic N) is 1. The van der Waals surface area contributed by atoms with Crippen molar-refractivity contribution in [3.8, 4) is 6.07 Å². The molecule has 0 bridgehead atoms. The number of hydrogen-bond donors (Lipinski definition) is 2. The van der Waals surface area contributed by atoms with Gasteiger partial charge >= 0.3 is 0 Å². The Kier molecular flexibility index (Phi) is 5.46. The predicted molar refractivity (Wildman–Crippen MR) is 66.2 cm³/mol. The molecule has 0 amide bonds. The lowest BCUT2D eigenvalue weighted by Crippen LogP contribution is -2.32. The summed E-state index contributed by atoms with van der Waals surface area (Å²) in [6.45, 7) is 3.82. The summed E-state index contributed by atoms with van der Waals surface area (Å²) < 4.78 is 0. The third kappa shape index (κ3) is 3.21. The van der Waals surface area contributed by atoms with Gasteiger partial charge in [0.15, 0.2) is 0 Å². The zero-order valence-corrected chi connectivity index (χ0v) is 10.3. The number of aliphatic hydroxyl groups excluding tert-OH is 1. The van der Waals surface area contributed by atoms with Crippen LogP contribution in [-0.2, 0) is 0 Å². The standard InChI is InChI=1S/C12H16N2O.ClH/c1-12(2,8-15)11(14)10-5-3-4-9(6-10)7-13;/h3-6,11,15H,8,14H2,1-2H3;1H/t11-;/m1./s1. The summed E-state index contributed by atoms with van der Waals surface area (Å²) in [6, 6.07) is 8.99. The molecule has 0 heterocycles. The Morgan fingerprint density at radius 1 is 1.50 bits per heavy atom. The van der Waals surface area contributed by atoms with Crippen LogP contribution in [-0.4, -0.2) is 11.7 Å². The van der Waals surface area contributed by atoms with Crippen LogP contribution in [0.3, 0.4) is 0 Å². The van der Waals surface area contributed by atoms with Crippen LogP contribution in [0.5, 0.6) is 0 Å². The molecule has 0 aliphatic carbocycles. The Labute approximate surface area is 102 Å². The first kappa shape index (κ1) is 14.9. The molecule has 1 aromatic rings. The zero-order chi connectivity index (χ0) is 11.5. The van der Waals surface area contributed by atoms with Crippen molar-refractivity contribution in [1.29, 1.82) is 5.26 Å². The van der Waals surface area contributed by atoms with Crippen LogP contribution in [0, 0.1) is 16.7 Å². The second-order valence-electron chi connectivity index (χ2n) is 4.36. The van der Waals surface area contributed by atoms with Crippen LogP contribution in [0.25, 0.3) is 0 Å². The van der Waals surface area contributed by atoms with Gasteiger partial charge < -0.3 is 10.8 Å². The fourth-order valence-electron chi connectivity index (χ4n) is 1.35. The highest BCUT2D eigenvalue weighted by Crippen LogP contribution is 2.30. The maximum Gasteiger partial charge on any atom is 0.0991 e. The zero-order valence-electron chi connectivity index (χ0n) is 9.47. The van der Waals surface area contributed by atoms with E-state index in [1.807, 2.05) is 19.9 Å². The minimum Gasteiger partial charge on any atom is -0.396 e. The molecular formula is C12H17ClN2O. The summed E-state index contributed by atoms with van der Waals surface area (Å²) in [6.07, 6.45) is 0. The van der Waals surface area contributed by atoms with Crippen molar-refractivity contribution in [3.63, 3.8) is 0 Å². The van der Waals surface area contributed by atoms with E-state index in [2.05, 4.69) is 6.07 Å². The van der Waals surface area contributed by atoms with E-state index >= 15 is 0 Å². The molecule has 3 nitrogen and oxygen atoms in total. The van der Waals surface area contributed by atoms with E-state index in [1.54, 1.807) is 18.2 Å². The molecule has 0 aliphatic rings. The molecule has 88 valence electrons. The lowest BCUT2D eigenvalue weighted by Gasteiger charge is -2.29. The van der Waals surface area contributed by atoms with Crippen molar-refractivity contribution >= 4 is 12.4 Å². The monoisotopic (exact) mass is 240 g/mol. The lowest BCUT2D eigenvalue weighted by atomic mass is 9.81. The minimum absolute atomic E-state index is 0. The summed E-state index contributed by atoms with van der Waals surface area (Å²) in [5, 5.41) is 18.0. The van der Waals surface area contributed by atoms with Gasteiger partial charge in [0.1, 0.15) is 0 Å². The molecule has 1 atom stereocenters. The number of halogens is 1. The van der Waals surface area contributed by atoms with Gasteiger partial charge in [0.25, 0.3) is 0 Å². The summed E-state index contributed by atoms with van der Waals surface area (Å²) in [4.78, 5) is 0. The average Bonchev–Trinajstić information content (AvgIpc) is 2.28. The maximum atomic E-state index is 9.21. The van der Waals surface area contributed by atoms with E-state index in [4.69, 9.17) is 11.0 Å². The van der Waals surface area contributed by atoms with Crippen molar-refractivity contribution in [2.75, 3.05) is 6.61 Å². The molecule has 4 heteroatoms. The Hall–Kier alpha value is -1.08. The summed E-state index contributed by atoms with van der Waals surface area (Å²) in [5.41, 5.74) is 7.13. The first-order valence-electron chi connectivity index (χ1n) is 4.88. The van der Waals surface area contributed by atoms with Crippen LogP contribution in [0.1, 0.15) is 31.0 Å². The van der Waals surface area contributed by atoms with E-state index in [9.17, 15) is 5.11 Å². The second-order valence-corrected chi connectivity index (χ2v) is 4.36. The van der Waals surface area contributed by atoms with Gasteiger partial charge in [0, 0.05) is 18.1 Å². The Bertz CT molecular complexity index is 385. The largest absolute Gasteiger partial charge is 0.396 e. The van der Waals surface area contributed by atoms with Crippen molar-refractivity contribution in [3.05, 3.63) is 35.4 Å². The maximum absolute atomic E-state index is 9.21. The third-order valence-corrected chi connectivity index (χ3v) is 2.62. The highest BCUT2D eigenvalue weighted by atomic mass is 35.5. The van der Waals surface area contributed by atoms with Gasteiger partial charge in [-0.1, -0.05) is 26.0 Å². The van der Waals surface area contributed by atoms with Gasteiger partial charge in [0.2, 0.25) is 0 Å². The molecule has 0 unspecified atom stereocenters. The number of rotatable bonds is 3. The topological polar surface area (TPSA) is 70.0 Å². The molecule has 3 N–H and O–H groups in total. The summed E-state index contributed by atoms with van der Waals surface area (Å²) in [5.74, 6) is 0. The molecule has 0 fully saturated rings. The van der Waals surface area contributed by atoms with Gasteiger partial charge in [-0.2, -0.15) is 5.26 Å². The Morgan fingerprint density at radius 3 is 2.62 bits per heavy atom. The molecule has 0 saturated carbocycles. The molecule has 0 radical (unpaired) electrons. The smallest absolute Gasteiger partial charge is 0.0991 e. The van der Waals surface area contributed by atoms with Crippen LogP contribution in [0.15, 0.2) is 24.3 Å². The first-order valence-corrected chi connectivity index (χ1v) is 4.88. The van der Waals surface area contributed by atoms with Crippen LogP contribution < -0.4 is 5.73 Å². The predicted octanol–water partition coefficient (Wildman–Crippen LogP) is 2.00. The van der Waals surface area contributed by atoms with Crippen molar-refractivity contribution in [2.45, 2.75) is 19.9 Å². The van der Waals surface area contributed by atoms with Gasteiger partial charge in [-0.05, 0) is 17.7 Å². The lowest BCUT2D eigenvalue weighted by molar-refractivity contribution is 0.132. The van der Waals surface area contributed by atoms with Crippen molar-refractivity contribution in [2.24, 2.45) is 11.1 Å². The first-order chi connectivity index (χ1) is 7.01. The fourth-order valence-corrected chi connectivity index (χ4v) is 1.35. The van der Waals surface area contributed by atoms with Gasteiger partial charge in [-0.25, -0.2) is 0 Å².